The molecule has 0 bridgehead atoms. The average Bonchev–Trinajstić information content (AvgIpc) is 2.61. The molecule has 1 aliphatic rings. The summed E-state index contributed by atoms with van der Waals surface area (Å²) in [5.74, 6) is -0.493. The van der Waals surface area contributed by atoms with E-state index < -0.39 is 5.97 Å². The van der Waals surface area contributed by atoms with E-state index in [1.165, 1.54) is 0 Å². The van der Waals surface area contributed by atoms with Crippen molar-refractivity contribution in [1.29, 1.82) is 0 Å². The fraction of sp³-hybridized carbons (Fsp3) is 0.150. The molecule has 0 aliphatic carbocycles. The number of aliphatic carboxylic acids is 1. The molecule has 0 spiro atoms. The SMILES string of the molecule is O=C(O)C1=C(C=C(c2ccccc2)c2ccc(Cl)cc2)OCCC1. The van der Waals surface area contributed by atoms with E-state index in [9.17, 15) is 9.90 Å². The zero-order chi connectivity index (χ0) is 16.9. The first-order valence-electron chi connectivity index (χ1n) is 7.77. The van der Waals surface area contributed by atoms with Crippen molar-refractivity contribution in [2.45, 2.75) is 12.8 Å². The van der Waals surface area contributed by atoms with Crippen molar-refractivity contribution < 1.29 is 14.6 Å². The predicted octanol–water partition coefficient (Wildman–Crippen LogP) is 4.92. The van der Waals surface area contributed by atoms with Crippen LogP contribution in [0.5, 0.6) is 0 Å². The van der Waals surface area contributed by atoms with Gasteiger partial charge in [-0.05, 0) is 47.8 Å². The number of hydrogen-bond acceptors (Lipinski definition) is 2. The fourth-order valence-corrected chi connectivity index (χ4v) is 2.82. The monoisotopic (exact) mass is 340 g/mol. The van der Waals surface area contributed by atoms with Crippen molar-refractivity contribution in [3.63, 3.8) is 0 Å². The molecule has 4 heteroatoms. The molecule has 0 aromatic heterocycles. The molecule has 0 saturated carbocycles. The van der Waals surface area contributed by atoms with Gasteiger partial charge in [0.15, 0.2) is 0 Å². The Morgan fingerprint density at radius 3 is 2.38 bits per heavy atom. The highest BCUT2D eigenvalue weighted by Gasteiger charge is 2.19. The van der Waals surface area contributed by atoms with Crippen molar-refractivity contribution in [2.75, 3.05) is 6.61 Å². The van der Waals surface area contributed by atoms with Gasteiger partial charge in [0.1, 0.15) is 5.76 Å². The number of carboxylic acids is 1. The molecule has 0 amide bonds. The first-order chi connectivity index (χ1) is 11.6. The van der Waals surface area contributed by atoms with Gasteiger partial charge in [-0.2, -0.15) is 0 Å². The number of allylic oxidation sites excluding steroid dienone is 1. The van der Waals surface area contributed by atoms with Crippen molar-refractivity contribution in [2.24, 2.45) is 0 Å². The smallest absolute Gasteiger partial charge is 0.335 e. The third kappa shape index (κ3) is 3.69. The average molecular weight is 341 g/mol. The Balaban J connectivity index is 2.14. The van der Waals surface area contributed by atoms with Crippen LogP contribution in [0.1, 0.15) is 24.0 Å². The highest BCUT2D eigenvalue weighted by atomic mass is 35.5. The van der Waals surface area contributed by atoms with Crippen molar-refractivity contribution in [3.8, 4) is 0 Å². The second-order valence-corrected chi connectivity index (χ2v) is 5.97. The first-order valence-corrected chi connectivity index (χ1v) is 8.15. The van der Waals surface area contributed by atoms with Crippen LogP contribution in [0.4, 0.5) is 0 Å². The van der Waals surface area contributed by atoms with Crippen molar-refractivity contribution in [1.82, 2.24) is 0 Å². The molecule has 1 heterocycles. The largest absolute Gasteiger partial charge is 0.493 e. The van der Waals surface area contributed by atoms with Crippen molar-refractivity contribution in [3.05, 3.63) is 88.2 Å². The Morgan fingerprint density at radius 1 is 1.04 bits per heavy atom. The highest BCUT2D eigenvalue weighted by Crippen LogP contribution is 2.29. The van der Waals surface area contributed by atoms with Crippen molar-refractivity contribution >= 4 is 23.1 Å². The molecule has 0 radical (unpaired) electrons. The lowest BCUT2D eigenvalue weighted by Crippen LogP contribution is -2.12. The number of hydrogen-bond donors (Lipinski definition) is 1. The van der Waals surface area contributed by atoms with Crippen LogP contribution in [-0.4, -0.2) is 17.7 Å². The minimum atomic E-state index is -0.926. The van der Waals surface area contributed by atoms with E-state index in [0.29, 0.717) is 29.4 Å². The molecule has 0 atom stereocenters. The third-order valence-electron chi connectivity index (χ3n) is 3.90. The fourth-order valence-electron chi connectivity index (χ4n) is 2.69. The number of carbonyl (C=O) groups is 1. The van der Waals surface area contributed by atoms with Gasteiger partial charge in [-0.15, -0.1) is 0 Å². The van der Waals surface area contributed by atoms with E-state index in [1.54, 1.807) is 0 Å². The number of carboxylic acid groups (broad SMARTS) is 1. The molecule has 1 N–H and O–H groups in total. The Hall–Kier alpha value is -2.52. The van der Waals surface area contributed by atoms with E-state index >= 15 is 0 Å². The van der Waals surface area contributed by atoms with Crippen LogP contribution in [0.3, 0.4) is 0 Å². The van der Waals surface area contributed by atoms with E-state index in [2.05, 4.69) is 0 Å². The molecule has 2 aromatic rings. The van der Waals surface area contributed by atoms with Gasteiger partial charge in [-0.1, -0.05) is 54.1 Å². The summed E-state index contributed by atoms with van der Waals surface area (Å²) < 4.78 is 5.65. The number of halogens is 1. The maximum Gasteiger partial charge on any atom is 0.335 e. The Kier molecular flexibility index (Phi) is 5.02. The number of rotatable bonds is 4. The summed E-state index contributed by atoms with van der Waals surface area (Å²) in [5, 5.41) is 10.1. The third-order valence-corrected chi connectivity index (χ3v) is 4.15. The Morgan fingerprint density at radius 2 is 1.71 bits per heavy atom. The van der Waals surface area contributed by atoms with Gasteiger partial charge in [0, 0.05) is 5.02 Å². The van der Waals surface area contributed by atoms with Crippen LogP contribution in [0.15, 0.2) is 72.0 Å². The molecule has 0 unspecified atom stereocenters. The van der Waals surface area contributed by atoms with Gasteiger partial charge >= 0.3 is 5.97 Å². The maximum atomic E-state index is 11.5. The molecular formula is C20H17ClO3. The lowest BCUT2D eigenvalue weighted by atomic mass is 9.95. The van der Waals surface area contributed by atoms with Gasteiger partial charge in [0.25, 0.3) is 0 Å². The summed E-state index contributed by atoms with van der Waals surface area (Å²) in [6, 6.07) is 17.3. The normalized spacial score (nSPS) is 15.1. The standard InChI is InChI=1S/C20H17ClO3/c21-16-10-8-15(9-11-16)18(14-5-2-1-3-6-14)13-19-17(20(22)23)7-4-12-24-19/h1-3,5-6,8-11,13H,4,7,12H2,(H,22,23). The summed E-state index contributed by atoms with van der Waals surface area (Å²) in [6.45, 7) is 0.533. The van der Waals surface area contributed by atoms with E-state index in [0.717, 1.165) is 23.1 Å². The summed E-state index contributed by atoms with van der Waals surface area (Å²) in [5.41, 5.74) is 3.18. The number of ether oxygens (including phenoxy) is 1. The summed E-state index contributed by atoms with van der Waals surface area (Å²) in [4.78, 5) is 11.5. The van der Waals surface area contributed by atoms with Crippen LogP contribution in [0.25, 0.3) is 5.57 Å². The highest BCUT2D eigenvalue weighted by molar-refractivity contribution is 6.30. The predicted molar refractivity (Wildman–Crippen MR) is 94.8 cm³/mol. The van der Waals surface area contributed by atoms with E-state index in [4.69, 9.17) is 16.3 Å². The van der Waals surface area contributed by atoms with Crippen LogP contribution < -0.4 is 0 Å². The molecule has 2 aromatic carbocycles. The van der Waals surface area contributed by atoms with Crippen LogP contribution in [0.2, 0.25) is 5.02 Å². The second-order valence-electron chi connectivity index (χ2n) is 5.53. The lowest BCUT2D eigenvalue weighted by molar-refractivity contribution is -0.133. The molecular weight excluding hydrogens is 324 g/mol. The van der Waals surface area contributed by atoms with Gasteiger partial charge in [-0.25, -0.2) is 4.79 Å². The number of benzene rings is 2. The quantitative estimate of drug-likeness (QED) is 0.859. The van der Waals surface area contributed by atoms with Crippen LogP contribution in [-0.2, 0) is 9.53 Å². The zero-order valence-electron chi connectivity index (χ0n) is 13.0. The topological polar surface area (TPSA) is 46.5 Å². The van der Waals surface area contributed by atoms with Gasteiger partial charge in [0.05, 0.1) is 12.2 Å². The van der Waals surface area contributed by atoms with Crippen LogP contribution in [0, 0.1) is 0 Å². The molecule has 3 nitrogen and oxygen atoms in total. The van der Waals surface area contributed by atoms with Gasteiger partial charge in [0.2, 0.25) is 0 Å². The van der Waals surface area contributed by atoms with E-state index in [-0.39, 0.29) is 0 Å². The van der Waals surface area contributed by atoms with Gasteiger partial charge in [-0.3, -0.25) is 0 Å². The molecule has 0 saturated heterocycles. The van der Waals surface area contributed by atoms with Crippen LogP contribution >= 0.6 is 11.6 Å². The minimum absolute atomic E-state index is 0.323. The molecule has 0 fully saturated rings. The molecule has 1 aliphatic heterocycles. The Bertz CT molecular complexity index is 789. The van der Waals surface area contributed by atoms with Gasteiger partial charge < -0.3 is 9.84 Å². The molecule has 3 rings (SSSR count). The molecule has 122 valence electrons. The lowest BCUT2D eigenvalue weighted by Gasteiger charge is -2.18. The summed E-state index contributed by atoms with van der Waals surface area (Å²) in [6.07, 6.45) is 3.06. The zero-order valence-corrected chi connectivity index (χ0v) is 13.8. The minimum Gasteiger partial charge on any atom is -0.493 e. The summed E-state index contributed by atoms with van der Waals surface area (Å²) >= 11 is 5.99. The summed E-state index contributed by atoms with van der Waals surface area (Å²) in [7, 11) is 0. The Labute approximate surface area is 145 Å². The first kappa shape index (κ1) is 16.3. The molecule has 24 heavy (non-hydrogen) atoms. The van der Waals surface area contributed by atoms with E-state index in [1.807, 2.05) is 60.7 Å². The maximum absolute atomic E-state index is 11.5. The second kappa shape index (κ2) is 7.37.